The van der Waals surface area contributed by atoms with Gasteiger partial charge in [0, 0.05) is 12.6 Å². The smallest absolute Gasteiger partial charge is 0.259 e. The normalized spacial score (nSPS) is 19.1. The monoisotopic (exact) mass is 306 g/mol. The van der Waals surface area contributed by atoms with Crippen LogP contribution in [0, 0.1) is 0 Å². The van der Waals surface area contributed by atoms with Gasteiger partial charge >= 0.3 is 0 Å². The largest absolute Gasteiger partial charge is 0.334 e. The van der Waals surface area contributed by atoms with Crippen LogP contribution in [0.4, 0.5) is 0 Å². The van der Waals surface area contributed by atoms with Crippen molar-refractivity contribution < 1.29 is 4.52 Å². The minimum absolute atomic E-state index is 0.478. The number of likely N-dealkylation sites (N-methyl/N-ethyl adjacent to an activating group) is 1. The lowest BCUT2D eigenvalue weighted by atomic mass is 10.1. The minimum Gasteiger partial charge on any atom is -0.334 e. The molecule has 2 aromatic rings. The molecule has 1 saturated heterocycles. The van der Waals surface area contributed by atoms with E-state index in [-0.39, 0.29) is 0 Å². The molecule has 0 aliphatic carbocycles. The average molecular weight is 307 g/mol. The number of benzene rings is 1. The molecule has 1 aromatic heterocycles. The summed E-state index contributed by atoms with van der Waals surface area (Å²) < 4.78 is 5.33. The molecule has 2 heterocycles. The number of halogens is 1. The van der Waals surface area contributed by atoms with E-state index in [1.165, 1.54) is 12.8 Å². The summed E-state index contributed by atoms with van der Waals surface area (Å²) in [7, 11) is 2.10. The Labute approximate surface area is 129 Å². The number of nitrogens with one attached hydrogen (secondary N) is 1. The summed E-state index contributed by atoms with van der Waals surface area (Å²) >= 11 is 6.15. The fourth-order valence-corrected chi connectivity index (χ4v) is 2.84. The molecular weight excluding hydrogens is 288 g/mol. The summed E-state index contributed by atoms with van der Waals surface area (Å²) in [5.74, 6) is 1.17. The lowest BCUT2D eigenvalue weighted by Gasteiger charge is -2.30. The molecule has 1 unspecified atom stereocenters. The molecule has 112 valence electrons. The first-order chi connectivity index (χ1) is 10.2. The maximum atomic E-state index is 6.15. The van der Waals surface area contributed by atoms with Crippen LogP contribution in [0.2, 0.25) is 5.02 Å². The molecule has 0 radical (unpaired) electrons. The van der Waals surface area contributed by atoms with Gasteiger partial charge < -0.3 is 9.84 Å². The van der Waals surface area contributed by atoms with Gasteiger partial charge in [-0.15, -0.1) is 0 Å². The van der Waals surface area contributed by atoms with E-state index in [0.29, 0.717) is 29.3 Å². The Bertz CT molecular complexity index is 595. The second-order valence-electron chi connectivity index (χ2n) is 5.41. The topological polar surface area (TPSA) is 54.2 Å². The Morgan fingerprint density at radius 3 is 3.05 bits per heavy atom. The third kappa shape index (κ3) is 3.43. The average Bonchev–Trinajstić information content (AvgIpc) is 2.97. The highest BCUT2D eigenvalue weighted by molar-refractivity contribution is 6.33. The molecule has 0 spiro atoms. The number of hydrogen-bond acceptors (Lipinski definition) is 5. The highest BCUT2D eigenvalue weighted by Gasteiger charge is 2.20. The molecule has 1 fully saturated rings. The number of aromatic nitrogens is 2. The van der Waals surface area contributed by atoms with E-state index in [1.807, 2.05) is 24.3 Å². The van der Waals surface area contributed by atoms with Crippen LogP contribution >= 0.6 is 11.6 Å². The fraction of sp³-hybridized carbons (Fsp3) is 0.467. The zero-order valence-electron chi connectivity index (χ0n) is 12.1. The van der Waals surface area contributed by atoms with Gasteiger partial charge in [-0.05, 0) is 38.6 Å². The van der Waals surface area contributed by atoms with Gasteiger partial charge in [0.1, 0.15) is 0 Å². The summed E-state index contributed by atoms with van der Waals surface area (Å²) in [5.41, 5.74) is 0.778. The van der Waals surface area contributed by atoms with Crippen molar-refractivity contribution in [3.05, 3.63) is 35.1 Å². The molecular formula is C15H19ClN4O. The van der Waals surface area contributed by atoms with Crippen molar-refractivity contribution in [1.29, 1.82) is 0 Å². The molecule has 0 amide bonds. The molecule has 1 aliphatic rings. The Hall–Kier alpha value is -1.43. The first-order valence-electron chi connectivity index (χ1n) is 7.22. The van der Waals surface area contributed by atoms with Crippen LogP contribution in [0.5, 0.6) is 0 Å². The van der Waals surface area contributed by atoms with Gasteiger partial charge in [0.25, 0.3) is 5.89 Å². The standard InChI is InChI=1S/C15H19ClN4O/c1-20(11-5-4-8-17-9-11)10-14-18-15(21-19-14)12-6-2-3-7-13(12)16/h2-3,6-7,11,17H,4-5,8-10H2,1H3. The van der Waals surface area contributed by atoms with Crippen molar-refractivity contribution in [1.82, 2.24) is 20.4 Å². The van der Waals surface area contributed by atoms with E-state index in [1.54, 1.807) is 0 Å². The Kier molecular flexibility index (Phi) is 4.53. The third-order valence-corrected chi connectivity index (χ3v) is 4.19. The van der Waals surface area contributed by atoms with Crippen LogP contribution in [0.3, 0.4) is 0 Å². The van der Waals surface area contributed by atoms with Crippen LogP contribution in [-0.4, -0.2) is 41.2 Å². The van der Waals surface area contributed by atoms with E-state index in [2.05, 4.69) is 27.4 Å². The molecule has 3 rings (SSSR count). The van der Waals surface area contributed by atoms with Gasteiger partial charge in [-0.3, -0.25) is 4.90 Å². The molecule has 1 aromatic carbocycles. The predicted molar refractivity (Wildman–Crippen MR) is 82.1 cm³/mol. The fourth-order valence-electron chi connectivity index (χ4n) is 2.62. The zero-order valence-corrected chi connectivity index (χ0v) is 12.8. The zero-order chi connectivity index (χ0) is 14.7. The Balaban J connectivity index is 1.69. The van der Waals surface area contributed by atoms with Crippen LogP contribution < -0.4 is 5.32 Å². The second-order valence-corrected chi connectivity index (χ2v) is 5.82. The number of piperidine rings is 1. The molecule has 1 N–H and O–H groups in total. The van der Waals surface area contributed by atoms with Crippen molar-refractivity contribution in [2.45, 2.75) is 25.4 Å². The summed E-state index contributed by atoms with van der Waals surface area (Å²) in [6.45, 7) is 2.81. The molecule has 0 saturated carbocycles. The Morgan fingerprint density at radius 2 is 2.29 bits per heavy atom. The summed E-state index contributed by atoms with van der Waals surface area (Å²) in [6, 6.07) is 8.02. The van der Waals surface area contributed by atoms with E-state index < -0.39 is 0 Å². The van der Waals surface area contributed by atoms with Crippen LogP contribution in [-0.2, 0) is 6.54 Å². The Morgan fingerprint density at radius 1 is 1.43 bits per heavy atom. The molecule has 6 heteroatoms. The van der Waals surface area contributed by atoms with Crippen LogP contribution in [0.15, 0.2) is 28.8 Å². The van der Waals surface area contributed by atoms with Crippen molar-refractivity contribution in [2.24, 2.45) is 0 Å². The number of rotatable bonds is 4. The highest BCUT2D eigenvalue weighted by atomic mass is 35.5. The first-order valence-corrected chi connectivity index (χ1v) is 7.60. The number of hydrogen-bond donors (Lipinski definition) is 1. The van der Waals surface area contributed by atoms with Gasteiger partial charge in [-0.1, -0.05) is 28.9 Å². The SMILES string of the molecule is CN(Cc1noc(-c2ccccc2Cl)n1)C1CCCNC1. The van der Waals surface area contributed by atoms with Crippen molar-refractivity contribution in [3.63, 3.8) is 0 Å². The van der Waals surface area contributed by atoms with Gasteiger partial charge in [-0.25, -0.2) is 0 Å². The van der Waals surface area contributed by atoms with E-state index in [0.717, 1.165) is 18.7 Å². The summed E-state index contributed by atoms with van der Waals surface area (Å²) in [6.07, 6.45) is 2.42. The molecule has 21 heavy (non-hydrogen) atoms. The third-order valence-electron chi connectivity index (χ3n) is 3.86. The van der Waals surface area contributed by atoms with Crippen molar-refractivity contribution >= 4 is 11.6 Å². The molecule has 1 aliphatic heterocycles. The van der Waals surface area contributed by atoms with Gasteiger partial charge in [0.2, 0.25) is 0 Å². The molecule has 5 nitrogen and oxygen atoms in total. The van der Waals surface area contributed by atoms with Crippen LogP contribution in [0.1, 0.15) is 18.7 Å². The maximum Gasteiger partial charge on any atom is 0.259 e. The molecule has 1 atom stereocenters. The maximum absolute atomic E-state index is 6.15. The van der Waals surface area contributed by atoms with E-state index in [4.69, 9.17) is 16.1 Å². The summed E-state index contributed by atoms with van der Waals surface area (Å²) in [5, 5.41) is 8.10. The van der Waals surface area contributed by atoms with Crippen molar-refractivity contribution in [3.8, 4) is 11.5 Å². The second kappa shape index (κ2) is 6.56. The first kappa shape index (κ1) is 14.5. The lowest BCUT2D eigenvalue weighted by molar-refractivity contribution is 0.190. The minimum atomic E-state index is 0.478. The number of nitrogens with zero attached hydrogens (tertiary/aromatic N) is 3. The summed E-state index contributed by atoms with van der Waals surface area (Å²) in [4.78, 5) is 6.72. The van der Waals surface area contributed by atoms with Gasteiger partial charge in [-0.2, -0.15) is 4.98 Å². The quantitative estimate of drug-likeness (QED) is 0.941. The van der Waals surface area contributed by atoms with E-state index in [9.17, 15) is 0 Å². The van der Waals surface area contributed by atoms with Gasteiger partial charge in [0.15, 0.2) is 5.82 Å². The lowest BCUT2D eigenvalue weighted by Crippen LogP contribution is -2.43. The highest BCUT2D eigenvalue weighted by Crippen LogP contribution is 2.26. The predicted octanol–water partition coefficient (Wildman–Crippen LogP) is 2.57. The van der Waals surface area contributed by atoms with Crippen molar-refractivity contribution in [2.75, 3.05) is 20.1 Å². The van der Waals surface area contributed by atoms with E-state index >= 15 is 0 Å². The van der Waals surface area contributed by atoms with Crippen LogP contribution in [0.25, 0.3) is 11.5 Å². The van der Waals surface area contributed by atoms with Gasteiger partial charge in [0.05, 0.1) is 17.1 Å². The molecule has 0 bridgehead atoms.